The lowest BCUT2D eigenvalue weighted by molar-refractivity contribution is -0.136. The van der Waals surface area contributed by atoms with Crippen molar-refractivity contribution in [3.63, 3.8) is 0 Å². The van der Waals surface area contributed by atoms with Crippen LogP contribution in [0.3, 0.4) is 0 Å². The smallest absolute Gasteiger partial charge is 0.309 e. The quantitative estimate of drug-likeness (QED) is 0.779. The Bertz CT molecular complexity index is 346. The lowest BCUT2D eigenvalue weighted by Gasteiger charge is -1.89. The first-order chi connectivity index (χ1) is 6.58. The van der Waals surface area contributed by atoms with Crippen LogP contribution in [0.2, 0.25) is 0 Å². The molecule has 0 aliphatic rings. The number of hydrogen-bond acceptors (Lipinski definition) is 5. The van der Waals surface area contributed by atoms with Gasteiger partial charge in [0, 0.05) is 5.38 Å². The van der Waals surface area contributed by atoms with Gasteiger partial charge in [-0.05, 0) is 13.8 Å². The van der Waals surface area contributed by atoms with Gasteiger partial charge < -0.3 is 5.11 Å². The van der Waals surface area contributed by atoms with Gasteiger partial charge in [-0.1, -0.05) is 0 Å². The average molecular weight is 213 g/mol. The van der Waals surface area contributed by atoms with E-state index in [1.807, 2.05) is 13.8 Å². The predicted octanol–water partition coefficient (Wildman–Crippen LogP) is 2.26. The van der Waals surface area contributed by atoms with Crippen LogP contribution >= 0.6 is 11.3 Å². The van der Waals surface area contributed by atoms with Crippen LogP contribution in [0.15, 0.2) is 15.6 Å². The Morgan fingerprint density at radius 2 is 2.43 bits per heavy atom. The Balaban J connectivity index is 2.63. The molecule has 0 atom stereocenters. The van der Waals surface area contributed by atoms with Crippen LogP contribution in [-0.4, -0.2) is 22.1 Å². The van der Waals surface area contributed by atoms with E-state index in [1.165, 1.54) is 11.3 Å². The van der Waals surface area contributed by atoms with E-state index in [9.17, 15) is 4.79 Å². The summed E-state index contributed by atoms with van der Waals surface area (Å²) in [5.74, 6) is -0.886. The molecule has 0 radical (unpaired) electrons. The predicted molar refractivity (Wildman–Crippen MR) is 53.1 cm³/mol. The zero-order valence-electron chi connectivity index (χ0n) is 7.97. The highest BCUT2D eigenvalue weighted by molar-refractivity contribution is 7.13. The van der Waals surface area contributed by atoms with Gasteiger partial charge in [-0.15, -0.1) is 16.5 Å². The van der Waals surface area contributed by atoms with E-state index in [0.29, 0.717) is 10.8 Å². The second kappa shape index (κ2) is 4.80. The summed E-state index contributed by atoms with van der Waals surface area (Å²) < 4.78 is 0. The fourth-order valence-corrected chi connectivity index (χ4v) is 1.38. The Morgan fingerprint density at radius 1 is 1.71 bits per heavy atom. The molecule has 0 aromatic carbocycles. The normalized spacial score (nSPS) is 11.4. The number of aromatic nitrogens is 1. The van der Waals surface area contributed by atoms with E-state index in [4.69, 9.17) is 5.11 Å². The number of thiazole rings is 1. The maximum atomic E-state index is 10.4. The summed E-state index contributed by atoms with van der Waals surface area (Å²) in [7, 11) is 0. The summed E-state index contributed by atoms with van der Waals surface area (Å²) in [5, 5.41) is 18.5. The van der Waals surface area contributed by atoms with Crippen molar-refractivity contribution in [2.45, 2.75) is 26.3 Å². The summed E-state index contributed by atoms with van der Waals surface area (Å²) in [6.07, 6.45) is -0.0618. The highest BCUT2D eigenvalue weighted by atomic mass is 32.1. The van der Waals surface area contributed by atoms with Gasteiger partial charge in [0.15, 0.2) is 0 Å². The second-order valence-corrected chi connectivity index (χ2v) is 3.84. The Morgan fingerprint density at radius 3 is 3.00 bits per heavy atom. The molecule has 5 nitrogen and oxygen atoms in total. The van der Waals surface area contributed by atoms with Crippen molar-refractivity contribution in [3.8, 4) is 0 Å². The topological polar surface area (TPSA) is 74.9 Å². The molecule has 76 valence electrons. The van der Waals surface area contributed by atoms with Crippen molar-refractivity contribution in [1.82, 2.24) is 4.98 Å². The SMILES string of the molecule is CC(C)N=Nc1nc(CC(=O)O)cs1. The number of azo groups is 1. The lowest BCUT2D eigenvalue weighted by atomic mass is 10.3. The molecule has 0 saturated carbocycles. The van der Waals surface area contributed by atoms with E-state index >= 15 is 0 Å². The lowest BCUT2D eigenvalue weighted by Crippen LogP contribution is -1.99. The van der Waals surface area contributed by atoms with Gasteiger partial charge in [-0.2, -0.15) is 5.11 Å². The van der Waals surface area contributed by atoms with E-state index in [2.05, 4.69) is 15.2 Å². The number of carboxylic acids is 1. The van der Waals surface area contributed by atoms with Gasteiger partial charge in [0.05, 0.1) is 18.2 Å². The number of nitrogens with zero attached hydrogens (tertiary/aromatic N) is 3. The van der Waals surface area contributed by atoms with E-state index in [0.717, 1.165) is 0 Å². The number of rotatable bonds is 4. The molecule has 1 rings (SSSR count). The minimum absolute atomic E-state index is 0.0618. The largest absolute Gasteiger partial charge is 0.481 e. The summed E-state index contributed by atoms with van der Waals surface area (Å²) in [6.45, 7) is 3.82. The molecule has 0 amide bonds. The first-order valence-corrected chi connectivity index (χ1v) is 5.03. The average Bonchev–Trinajstić information content (AvgIpc) is 2.47. The molecule has 0 bridgehead atoms. The van der Waals surface area contributed by atoms with Crippen LogP contribution in [0.1, 0.15) is 19.5 Å². The van der Waals surface area contributed by atoms with Crippen molar-refractivity contribution in [2.75, 3.05) is 0 Å². The van der Waals surface area contributed by atoms with Crippen LogP contribution in [0.25, 0.3) is 0 Å². The van der Waals surface area contributed by atoms with Crippen LogP contribution in [0.5, 0.6) is 0 Å². The third-order valence-electron chi connectivity index (χ3n) is 1.25. The first kappa shape index (κ1) is 10.8. The van der Waals surface area contributed by atoms with Gasteiger partial charge in [0.2, 0.25) is 5.13 Å². The van der Waals surface area contributed by atoms with Crippen molar-refractivity contribution in [2.24, 2.45) is 10.2 Å². The minimum Gasteiger partial charge on any atom is -0.481 e. The molecule has 1 aromatic heterocycles. The fourth-order valence-electron chi connectivity index (χ4n) is 0.743. The van der Waals surface area contributed by atoms with E-state index in [1.54, 1.807) is 5.38 Å². The molecule has 1 heterocycles. The fraction of sp³-hybridized carbons (Fsp3) is 0.500. The molecule has 0 aliphatic carbocycles. The Kier molecular flexibility index (Phi) is 3.70. The van der Waals surface area contributed by atoms with Gasteiger partial charge in [-0.3, -0.25) is 4.79 Å². The van der Waals surface area contributed by atoms with Crippen LogP contribution in [-0.2, 0) is 11.2 Å². The molecule has 0 unspecified atom stereocenters. The van der Waals surface area contributed by atoms with Crippen LogP contribution in [0.4, 0.5) is 5.13 Å². The molecule has 0 spiro atoms. The first-order valence-electron chi connectivity index (χ1n) is 4.15. The monoisotopic (exact) mass is 213 g/mol. The van der Waals surface area contributed by atoms with Gasteiger partial charge in [0.1, 0.15) is 0 Å². The van der Waals surface area contributed by atoms with Crippen LogP contribution in [0, 0.1) is 0 Å². The van der Waals surface area contributed by atoms with E-state index < -0.39 is 5.97 Å². The number of carboxylic acid groups (broad SMARTS) is 1. The van der Waals surface area contributed by atoms with Crippen molar-refractivity contribution in [3.05, 3.63) is 11.1 Å². The standard InChI is InChI=1S/C8H11N3O2S/c1-5(2)10-11-8-9-6(4-14-8)3-7(12)13/h4-5H,3H2,1-2H3,(H,12,13). The Labute approximate surface area is 85.5 Å². The summed E-state index contributed by atoms with van der Waals surface area (Å²) >= 11 is 1.30. The van der Waals surface area contributed by atoms with E-state index in [-0.39, 0.29) is 12.5 Å². The molecule has 0 aliphatic heterocycles. The third-order valence-corrected chi connectivity index (χ3v) is 2.02. The zero-order chi connectivity index (χ0) is 10.6. The highest BCUT2D eigenvalue weighted by Crippen LogP contribution is 2.19. The molecule has 14 heavy (non-hydrogen) atoms. The van der Waals surface area contributed by atoms with Crippen molar-refractivity contribution >= 4 is 22.4 Å². The van der Waals surface area contributed by atoms with Crippen LogP contribution < -0.4 is 0 Å². The molecule has 6 heteroatoms. The number of aliphatic carboxylic acids is 1. The number of carbonyl (C=O) groups is 1. The van der Waals surface area contributed by atoms with Crippen molar-refractivity contribution in [1.29, 1.82) is 0 Å². The minimum atomic E-state index is -0.886. The maximum Gasteiger partial charge on any atom is 0.309 e. The molecular formula is C8H11N3O2S. The third kappa shape index (κ3) is 3.61. The Hall–Kier alpha value is -1.30. The molecule has 1 aromatic rings. The summed E-state index contributed by atoms with van der Waals surface area (Å²) in [5.41, 5.74) is 0.528. The maximum absolute atomic E-state index is 10.4. The number of hydrogen-bond donors (Lipinski definition) is 1. The molecular weight excluding hydrogens is 202 g/mol. The molecule has 0 saturated heterocycles. The summed E-state index contributed by atoms with van der Waals surface area (Å²) in [4.78, 5) is 14.4. The molecule has 1 N–H and O–H groups in total. The highest BCUT2D eigenvalue weighted by Gasteiger charge is 2.05. The van der Waals surface area contributed by atoms with Gasteiger partial charge in [0.25, 0.3) is 0 Å². The van der Waals surface area contributed by atoms with Gasteiger partial charge in [-0.25, -0.2) is 4.98 Å². The van der Waals surface area contributed by atoms with Crippen molar-refractivity contribution < 1.29 is 9.90 Å². The second-order valence-electron chi connectivity index (χ2n) is 3.00. The van der Waals surface area contributed by atoms with Gasteiger partial charge >= 0.3 is 5.97 Å². The molecule has 0 fully saturated rings. The summed E-state index contributed by atoms with van der Waals surface area (Å²) in [6, 6.07) is 0.127. The zero-order valence-corrected chi connectivity index (χ0v) is 8.78.